The summed E-state index contributed by atoms with van der Waals surface area (Å²) < 4.78 is 11.3. The second-order valence-electron chi connectivity index (χ2n) is 6.42. The summed E-state index contributed by atoms with van der Waals surface area (Å²) in [5.74, 6) is 1.65. The minimum Gasteiger partial charge on any atom is -0.491 e. The van der Waals surface area contributed by atoms with E-state index in [1.807, 2.05) is 6.92 Å². The Bertz CT molecular complexity index is 727. The van der Waals surface area contributed by atoms with E-state index in [2.05, 4.69) is 71.9 Å². The van der Waals surface area contributed by atoms with Crippen molar-refractivity contribution in [2.24, 2.45) is 4.99 Å². The lowest BCUT2D eigenvalue weighted by Gasteiger charge is -2.15. The summed E-state index contributed by atoms with van der Waals surface area (Å²) in [5, 5.41) is 6.70. The fourth-order valence-electron chi connectivity index (χ4n) is 2.59. The third-order valence-electron chi connectivity index (χ3n) is 4.16. The fraction of sp³-hybridized carbons (Fsp3) is 0.409. The van der Waals surface area contributed by atoms with Gasteiger partial charge in [-0.25, -0.2) is 0 Å². The Balaban J connectivity index is 1.90. The van der Waals surface area contributed by atoms with E-state index in [9.17, 15) is 0 Å². The molecule has 0 aliphatic heterocycles. The molecule has 5 heteroatoms. The number of rotatable bonds is 9. The van der Waals surface area contributed by atoms with Crippen molar-refractivity contribution >= 4 is 5.96 Å². The van der Waals surface area contributed by atoms with Crippen LogP contribution in [0.4, 0.5) is 0 Å². The van der Waals surface area contributed by atoms with Gasteiger partial charge in [0, 0.05) is 32.3 Å². The van der Waals surface area contributed by atoms with Gasteiger partial charge in [0.2, 0.25) is 0 Å². The molecular weight excluding hydrogens is 338 g/mol. The van der Waals surface area contributed by atoms with Gasteiger partial charge in [-0.05, 0) is 38.0 Å². The van der Waals surface area contributed by atoms with Crippen molar-refractivity contribution in [1.82, 2.24) is 10.6 Å². The molecule has 0 amide bonds. The first-order valence-corrected chi connectivity index (χ1v) is 9.42. The predicted octanol–water partition coefficient (Wildman–Crippen LogP) is 3.58. The van der Waals surface area contributed by atoms with Crippen LogP contribution in [0.5, 0.6) is 5.75 Å². The van der Waals surface area contributed by atoms with Crippen molar-refractivity contribution in [3.63, 3.8) is 0 Å². The third-order valence-corrected chi connectivity index (χ3v) is 4.16. The minimum atomic E-state index is 0.546. The Labute approximate surface area is 162 Å². The zero-order valence-electron chi connectivity index (χ0n) is 16.8. The Kier molecular flexibility index (Phi) is 8.65. The van der Waals surface area contributed by atoms with Gasteiger partial charge >= 0.3 is 0 Å². The molecule has 2 N–H and O–H groups in total. The first-order chi connectivity index (χ1) is 13.1. The molecule has 27 heavy (non-hydrogen) atoms. The lowest BCUT2D eigenvalue weighted by atomic mass is 10.1. The van der Waals surface area contributed by atoms with Crippen molar-refractivity contribution < 1.29 is 9.47 Å². The van der Waals surface area contributed by atoms with Gasteiger partial charge in [0.1, 0.15) is 12.4 Å². The van der Waals surface area contributed by atoms with E-state index in [4.69, 9.17) is 9.47 Å². The minimum absolute atomic E-state index is 0.546. The van der Waals surface area contributed by atoms with Gasteiger partial charge < -0.3 is 20.1 Å². The Morgan fingerprint density at radius 2 is 1.63 bits per heavy atom. The summed E-state index contributed by atoms with van der Waals surface area (Å²) in [6, 6.07) is 14.7. The molecule has 0 bridgehead atoms. The highest BCUT2D eigenvalue weighted by Crippen LogP contribution is 2.20. The molecule has 0 aliphatic rings. The van der Waals surface area contributed by atoms with Gasteiger partial charge in [0.15, 0.2) is 5.96 Å². The zero-order valence-corrected chi connectivity index (χ0v) is 16.8. The number of hydrogen-bond acceptors (Lipinski definition) is 3. The normalized spacial score (nSPS) is 11.3. The van der Waals surface area contributed by atoms with E-state index in [1.165, 1.54) is 16.7 Å². The molecule has 0 heterocycles. The summed E-state index contributed by atoms with van der Waals surface area (Å²) >= 11 is 0. The molecule has 0 radical (unpaired) electrons. The predicted molar refractivity (Wildman–Crippen MR) is 111 cm³/mol. The zero-order chi connectivity index (χ0) is 19.5. The molecule has 5 nitrogen and oxygen atoms in total. The quantitative estimate of drug-likeness (QED) is 0.403. The van der Waals surface area contributed by atoms with Crippen LogP contribution in [0, 0.1) is 13.8 Å². The van der Waals surface area contributed by atoms with Crippen molar-refractivity contribution in [2.75, 3.05) is 26.9 Å². The number of nitrogens with zero attached hydrogens (tertiary/aromatic N) is 1. The molecule has 0 unspecified atom stereocenters. The van der Waals surface area contributed by atoms with Crippen LogP contribution in [-0.4, -0.2) is 32.8 Å². The van der Waals surface area contributed by atoms with E-state index in [0.29, 0.717) is 26.4 Å². The number of ether oxygens (including phenoxy) is 2. The smallest absolute Gasteiger partial charge is 0.191 e. The maximum Gasteiger partial charge on any atom is 0.191 e. The van der Waals surface area contributed by atoms with Crippen molar-refractivity contribution in [3.05, 3.63) is 64.7 Å². The number of nitrogens with one attached hydrogen (secondary N) is 2. The Morgan fingerprint density at radius 1 is 0.926 bits per heavy atom. The second-order valence-corrected chi connectivity index (χ2v) is 6.42. The first kappa shape index (κ1) is 20.8. The number of aliphatic imine (C=N–C) groups is 1. The van der Waals surface area contributed by atoms with E-state index in [1.54, 1.807) is 7.05 Å². The summed E-state index contributed by atoms with van der Waals surface area (Å²) in [7, 11) is 1.78. The van der Waals surface area contributed by atoms with Crippen molar-refractivity contribution in [2.45, 2.75) is 33.9 Å². The van der Waals surface area contributed by atoms with Crippen LogP contribution in [-0.2, 0) is 17.8 Å². The van der Waals surface area contributed by atoms with Crippen LogP contribution in [0.25, 0.3) is 0 Å². The Morgan fingerprint density at radius 3 is 2.33 bits per heavy atom. The van der Waals surface area contributed by atoms with E-state index in [0.717, 1.165) is 23.8 Å². The standard InChI is InChI=1S/C22H31N3O2/c1-5-26-12-13-27-21-14-18(3)8-11-20(21)16-25-22(23-4)24-15-19-9-6-17(2)7-10-19/h6-11,14H,5,12-13,15-16H2,1-4H3,(H2,23,24,25). The van der Waals surface area contributed by atoms with Crippen LogP contribution in [0.1, 0.15) is 29.2 Å². The highest BCUT2D eigenvalue weighted by Gasteiger charge is 2.06. The molecule has 2 rings (SSSR count). The van der Waals surface area contributed by atoms with Gasteiger partial charge in [-0.3, -0.25) is 4.99 Å². The molecule has 2 aromatic rings. The maximum absolute atomic E-state index is 5.90. The molecule has 0 atom stereocenters. The molecule has 0 aromatic heterocycles. The average molecular weight is 370 g/mol. The molecular formula is C22H31N3O2. The average Bonchev–Trinajstić information content (AvgIpc) is 2.68. The maximum atomic E-state index is 5.90. The highest BCUT2D eigenvalue weighted by molar-refractivity contribution is 5.79. The molecule has 2 aromatic carbocycles. The SMILES string of the molecule is CCOCCOc1cc(C)ccc1CNC(=NC)NCc1ccc(C)cc1. The van der Waals surface area contributed by atoms with Gasteiger partial charge in [0.05, 0.1) is 6.61 Å². The lowest BCUT2D eigenvalue weighted by Crippen LogP contribution is -2.36. The monoisotopic (exact) mass is 369 g/mol. The second kappa shape index (κ2) is 11.2. The molecule has 0 spiro atoms. The summed E-state index contributed by atoms with van der Waals surface area (Å²) in [5.41, 5.74) is 4.75. The van der Waals surface area contributed by atoms with Crippen molar-refractivity contribution in [1.29, 1.82) is 0 Å². The molecule has 146 valence electrons. The summed E-state index contributed by atoms with van der Waals surface area (Å²) in [6.07, 6.45) is 0. The van der Waals surface area contributed by atoms with Crippen LogP contribution in [0.15, 0.2) is 47.5 Å². The third kappa shape index (κ3) is 7.31. The van der Waals surface area contributed by atoms with Crippen LogP contribution in [0.3, 0.4) is 0 Å². The van der Waals surface area contributed by atoms with Crippen LogP contribution >= 0.6 is 0 Å². The largest absolute Gasteiger partial charge is 0.491 e. The van der Waals surface area contributed by atoms with E-state index in [-0.39, 0.29) is 0 Å². The van der Waals surface area contributed by atoms with Gasteiger partial charge in [-0.15, -0.1) is 0 Å². The molecule has 0 saturated carbocycles. The van der Waals surface area contributed by atoms with Gasteiger partial charge in [0.25, 0.3) is 0 Å². The highest BCUT2D eigenvalue weighted by atomic mass is 16.5. The molecule has 0 fully saturated rings. The summed E-state index contributed by atoms with van der Waals surface area (Å²) in [6.45, 7) is 9.35. The lowest BCUT2D eigenvalue weighted by molar-refractivity contribution is 0.110. The van der Waals surface area contributed by atoms with Gasteiger partial charge in [-0.2, -0.15) is 0 Å². The van der Waals surface area contributed by atoms with E-state index < -0.39 is 0 Å². The fourth-order valence-corrected chi connectivity index (χ4v) is 2.59. The first-order valence-electron chi connectivity index (χ1n) is 9.42. The topological polar surface area (TPSA) is 54.9 Å². The summed E-state index contributed by atoms with van der Waals surface area (Å²) in [4.78, 5) is 4.30. The van der Waals surface area contributed by atoms with E-state index >= 15 is 0 Å². The number of benzene rings is 2. The van der Waals surface area contributed by atoms with Crippen LogP contribution in [0.2, 0.25) is 0 Å². The Hall–Kier alpha value is -2.53. The molecule has 0 saturated heterocycles. The van der Waals surface area contributed by atoms with Gasteiger partial charge in [-0.1, -0.05) is 42.0 Å². The number of guanidine groups is 1. The molecule has 0 aliphatic carbocycles. The van der Waals surface area contributed by atoms with Crippen LogP contribution < -0.4 is 15.4 Å². The van der Waals surface area contributed by atoms with Crippen molar-refractivity contribution in [3.8, 4) is 5.75 Å². The number of aryl methyl sites for hydroxylation is 2. The number of hydrogen-bond donors (Lipinski definition) is 2.